The second kappa shape index (κ2) is 6.29. The highest BCUT2D eigenvalue weighted by atomic mass is 16.7. The van der Waals surface area contributed by atoms with Crippen LogP contribution in [0.15, 0.2) is 0 Å². The van der Waals surface area contributed by atoms with E-state index >= 15 is 0 Å². The maximum Gasteiger partial charge on any atom is 0.311 e. The summed E-state index contributed by atoms with van der Waals surface area (Å²) in [6, 6.07) is 0. The van der Waals surface area contributed by atoms with Crippen LogP contribution in [0.5, 0.6) is 0 Å². The summed E-state index contributed by atoms with van der Waals surface area (Å²) >= 11 is 0. The fourth-order valence-electron chi connectivity index (χ4n) is 3.11. The number of aliphatic hydroxyl groups is 1. The molecule has 2 atom stereocenters. The molecule has 7 nitrogen and oxygen atoms in total. The summed E-state index contributed by atoms with van der Waals surface area (Å²) in [4.78, 5) is 23.3. The number of esters is 2. The Balaban J connectivity index is 2.11. The summed E-state index contributed by atoms with van der Waals surface area (Å²) in [5, 5.41) is 10.8. The summed E-state index contributed by atoms with van der Waals surface area (Å²) < 4.78 is 20.6. The molecule has 21 heavy (non-hydrogen) atoms. The quantitative estimate of drug-likeness (QED) is 0.751. The van der Waals surface area contributed by atoms with Crippen molar-refractivity contribution in [3.05, 3.63) is 0 Å². The van der Waals surface area contributed by atoms with Crippen LogP contribution in [0.4, 0.5) is 0 Å². The molecule has 2 fully saturated rings. The number of methoxy groups -OCH3 is 2. The van der Waals surface area contributed by atoms with Gasteiger partial charge in [-0.25, -0.2) is 0 Å². The molecule has 0 aromatic carbocycles. The Morgan fingerprint density at radius 1 is 1.19 bits per heavy atom. The highest BCUT2D eigenvalue weighted by Gasteiger charge is 2.54. The summed E-state index contributed by atoms with van der Waals surface area (Å²) in [5.41, 5.74) is -1.30. The van der Waals surface area contributed by atoms with E-state index in [0.717, 1.165) is 0 Å². The molecule has 120 valence electrons. The molecule has 0 bridgehead atoms. The van der Waals surface area contributed by atoms with Crippen molar-refractivity contribution in [2.24, 2.45) is 5.92 Å². The first-order valence-electron chi connectivity index (χ1n) is 7.10. The van der Waals surface area contributed by atoms with Crippen molar-refractivity contribution in [2.45, 2.75) is 43.5 Å². The van der Waals surface area contributed by atoms with Gasteiger partial charge < -0.3 is 24.1 Å². The SMILES string of the molecule is COC(=O)CCC1(O)CCC2(CC1C(=O)OC)OCCO2. The van der Waals surface area contributed by atoms with Gasteiger partial charge in [-0.2, -0.15) is 0 Å². The van der Waals surface area contributed by atoms with Crippen LogP contribution in [-0.4, -0.2) is 55.9 Å². The third-order valence-electron chi connectivity index (χ3n) is 4.39. The Hall–Kier alpha value is -1.18. The first-order valence-corrected chi connectivity index (χ1v) is 7.10. The molecule has 1 aliphatic carbocycles. The van der Waals surface area contributed by atoms with Crippen molar-refractivity contribution in [1.82, 2.24) is 0 Å². The molecule has 1 saturated carbocycles. The van der Waals surface area contributed by atoms with Gasteiger partial charge in [0.05, 0.1) is 39.0 Å². The molecule has 0 radical (unpaired) electrons. The number of rotatable bonds is 4. The molecule has 2 rings (SSSR count). The van der Waals surface area contributed by atoms with E-state index in [-0.39, 0.29) is 19.3 Å². The Labute approximate surface area is 123 Å². The molecule has 2 unspecified atom stereocenters. The summed E-state index contributed by atoms with van der Waals surface area (Å²) in [6.07, 6.45) is 1.23. The van der Waals surface area contributed by atoms with Gasteiger partial charge in [0, 0.05) is 19.3 Å². The van der Waals surface area contributed by atoms with E-state index < -0.39 is 29.2 Å². The normalized spacial score (nSPS) is 31.1. The van der Waals surface area contributed by atoms with Crippen molar-refractivity contribution in [3.8, 4) is 0 Å². The smallest absolute Gasteiger partial charge is 0.311 e. The van der Waals surface area contributed by atoms with Gasteiger partial charge in [-0.05, 0) is 12.8 Å². The lowest BCUT2D eigenvalue weighted by Gasteiger charge is -2.45. The molecule has 1 saturated heterocycles. The van der Waals surface area contributed by atoms with Crippen LogP contribution in [0, 0.1) is 5.92 Å². The molecule has 0 aromatic rings. The van der Waals surface area contributed by atoms with Crippen LogP contribution in [0.1, 0.15) is 32.1 Å². The van der Waals surface area contributed by atoms with Gasteiger partial charge in [0.1, 0.15) is 0 Å². The average Bonchev–Trinajstić information content (AvgIpc) is 2.95. The van der Waals surface area contributed by atoms with E-state index in [1.54, 1.807) is 0 Å². The lowest BCUT2D eigenvalue weighted by molar-refractivity contribution is -0.228. The first kappa shape index (κ1) is 16.2. The zero-order valence-corrected chi connectivity index (χ0v) is 12.4. The van der Waals surface area contributed by atoms with E-state index in [1.807, 2.05) is 0 Å². The van der Waals surface area contributed by atoms with E-state index in [2.05, 4.69) is 4.74 Å². The van der Waals surface area contributed by atoms with Gasteiger partial charge in [0.25, 0.3) is 0 Å². The van der Waals surface area contributed by atoms with Gasteiger partial charge in [-0.15, -0.1) is 0 Å². The minimum Gasteiger partial charge on any atom is -0.469 e. The van der Waals surface area contributed by atoms with Gasteiger partial charge in [-0.1, -0.05) is 0 Å². The predicted molar refractivity (Wildman–Crippen MR) is 70.2 cm³/mol. The Morgan fingerprint density at radius 2 is 1.86 bits per heavy atom. The zero-order chi connectivity index (χ0) is 15.5. The fraction of sp³-hybridized carbons (Fsp3) is 0.857. The minimum atomic E-state index is -1.30. The maximum atomic E-state index is 12.0. The number of carbonyl (C=O) groups is 2. The predicted octanol–water partition coefficient (Wildman–Crippen LogP) is 0.387. The van der Waals surface area contributed by atoms with Gasteiger partial charge in [-0.3, -0.25) is 9.59 Å². The first-order chi connectivity index (χ1) is 9.95. The number of hydrogen-bond donors (Lipinski definition) is 1. The summed E-state index contributed by atoms with van der Waals surface area (Å²) in [5.74, 6) is -2.52. The van der Waals surface area contributed by atoms with Crippen molar-refractivity contribution in [1.29, 1.82) is 0 Å². The van der Waals surface area contributed by atoms with Crippen LogP contribution in [0.25, 0.3) is 0 Å². The third kappa shape index (κ3) is 3.36. The topological polar surface area (TPSA) is 91.3 Å². The number of carbonyl (C=O) groups excluding carboxylic acids is 2. The molecule has 1 aliphatic heterocycles. The summed E-state index contributed by atoms with van der Waals surface area (Å²) in [6.45, 7) is 0.961. The maximum absolute atomic E-state index is 12.0. The van der Waals surface area contributed by atoms with Gasteiger partial charge in [0.15, 0.2) is 5.79 Å². The molecular weight excluding hydrogens is 280 g/mol. The van der Waals surface area contributed by atoms with Crippen LogP contribution < -0.4 is 0 Å². The molecule has 2 aliphatic rings. The number of ether oxygens (including phenoxy) is 4. The highest BCUT2D eigenvalue weighted by Crippen LogP contribution is 2.46. The van der Waals surface area contributed by atoms with E-state index in [4.69, 9.17) is 14.2 Å². The van der Waals surface area contributed by atoms with E-state index in [1.165, 1.54) is 14.2 Å². The van der Waals surface area contributed by atoms with Crippen LogP contribution >= 0.6 is 0 Å². The molecule has 0 aromatic heterocycles. The minimum absolute atomic E-state index is 0.0508. The van der Waals surface area contributed by atoms with Crippen LogP contribution in [0.2, 0.25) is 0 Å². The second-order valence-electron chi connectivity index (χ2n) is 5.57. The van der Waals surface area contributed by atoms with Crippen LogP contribution in [0.3, 0.4) is 0 Å². The van der Waals surface area contributed by atoms with Crippen molar-refractivity contribution >= 4 is 11.9 Å². The van der Waals surface area contributed by atoms with Crippen molar-refractivity contribution in [3.63, 3.8) is 0 Å². The Kier molecular flexibility index (Phi) is 4.85. The largest absolute Gasteiger partial charge is 0.469 e. The zero-order valence-electron chi connectivity index (χ0n) is 12.4. The average molecular weight is 302 g/mol. The fourth-order valence-corrected chi connectivity index (χ4v) is 3.11. The summed E-state index contributed by atoms with van der Waals surface area (Å²) in [7, 11) is 2.57. The Morgan fingerprint density at radius 3 is 2.43 bits per heavy atom. The molecule has 1 spiro atoms. The monoisotopic (exact) mass is 302 g/mol. The lowest BCUT2D eigenvalue weighted by Crippen LogP contribution is -2.53. The van der Waals surface area contributed by atoms with Crippen LogP contribution in [-0.2, 0) is 28.5 Å². The Bertz CT molecular complexity index is 402. The molecule has 7 heteroatoms. The lowest BCUT2D eigenvalue weighted by atomic mass is 9.70. The standard InChI is InChI=1S/C14H22O7/c1-18-11(15)3-4-13(17)5-6-14(20-7-8-21-14)9-10(13)12(16)19-2/h10,17H,3-9H2,1-2H3. The molecule has 1 heterocycles. The molecule has 1 N–H and O–H groups in total. The number of hydrogen-bond acceptors (Lipinski definition) is 7. The van der Waals surface area contributed by atoms with Crippen molar-refractivity contribution in [2.75, 3.05) is 27.4 Å². The molecular formula is C14H22O7. The van der Waals surface area contributed by atoms with Gasteiger partial charge in [0.2, 0.25) is 0 Å². The van der Waals surface area contributed by atoms with E-state index in [9.17, 15) is 14.7 Å². The van der Waals surface area contributed by atoms with E-state index in [0.29, 0.717) is 26.1 Å². The van der Waals surface area contributed by atoms with Gasteiger partial charge >= 0.3 is 11.9 Å². The van der Waals surface area contributed by atoms with Crippen molar-refractivity contribution < 1.29 is 33.6 Å². The highest BCUT2D eigenvalue weighted by molar-refractivity contribution is 5.74. The molecule has 0 amide bonds. The second-order valence-corrected chi connectivity index (χ2v) is 5.57. The third-order valence-corrected chi connectivity index (χ3v) is 4.39.